The number of benzene rings is 2. The number of halogens is 2. The van der Waals surface area contributed by atoms with Gasteiger partial charge in [-0.3, -0.25) is 9.10 Å². The fourth-order valence-electron chi connectivity index (χ4n) is 2.83. The van der Waals surface area contributed by atoms with Crippen LogP contribution < -0.4 is 9.62 Å². The number of nitrogens with one attached hydrogen (secondary N) is 1. The largest absolute Gasteiger partial charge is 0.353 e. The summed E-state index contributed by atoms with van der Waals surface area (Å²) in [6, 6.07) is 10.9. The number of para-hydroxylation sites is 1. The molecule has 5 nitrogen and oxygen atoms in total. The van der Waals surface area contributed by atoms with Crippen LogP contribution in [0.5, 0.6) is 0 Å². The van der Waals surface area contributed by atoms with E-state index >= 15 is 0 Å². The fourth-order valence-corrected chi connectivity index (χ4v) is 4.88. The first-order chi connectivity index (χ1) is 13.8. The van der Waals surface area contributed by atoms with Crippen molar-refractivity contribution in [2.75, 3.05) is 22.9 Å². The van der Waals surface area contributed by atoms with Crippen molar-refractivity contribution in [3.05, 3.63) is 65.7 Å². The van der Waals surface area contributed by atoms with E-state index in [1.807, 2.05) is 0 Å². The van der Waals surface area contributed by atoms with Crippen molar-refractivity contribution in [1.29, 1.82) is 0 Å². The summed E-state index contributed by atoms with van der Waals surface area (Å²) in [4.78, 5) is 12.6. The Labute approximate surface area is 174 Å². The van der Waals surface area contributed by atoms with Crippen molar-refractivity contribution >= 4 is 33.4 Å². The Morgan fingerprint density at radius 2 is 1.72 bits per heavy atom. The smallest absolute Gasteiger partial charge is 0.243 e. The van der Waals surface area contributed by atoms with Gasteiger partial charge in [-0.05, 0) is 30.2 Å². The molecular formula is C20H24F2N2O3S2. The quantitative estimate of drug-likeness (QED) is 0.572. The number of carbonyl (C=O) groups is 1. The molecule has 0 bridgehead atoms. The van der Waals surface area contributed by atoms with E-state index < -0.39 is 27.8 Å². The maximum atomic E-state index is 14.2. The SMILES string of the molecule is CC[C@H](C(=O)NCCSCc1ccccc1F)N(c1ccccc1F)S(C)(=O)=O. The molecule has 1 atom stereocenters. The summed E-state index contributed by atoms with van der Waals surface area (Å²) in [5.41, 5.74) is 0.420. The summed E-state index contributed by atoms with van der Waals surface area (Å²) in [5, 5.41) is 2.69. The first-order valence-electron chi connectivity index (χ1n) is 9.08. The lowest BCUT2D eigenvalue weighted by Gasteiger charge is -2.30. The van der Waals surface area contributed by atoms with E-state index in [4.69, 9.17) is 0 Å². The van der Waals surface area contributed by atoms with Crippen LogP contribution in [0.1, 0.15) is 18.9 Å². The Hall–Kier alpha value is -2.13. The van der Waals surface area contributed by atoms with Crippen molar-refractivity contribution in [3.63, 3.8) is 0 Å². The van der Waals surface area contributed by atoms with Crippen LogP contribution in [-0.4, -0.2) is 38.9 Å². The molecule has 0 fully saturated rings. The normalized spacial score (nSPS) is 12.4. The molecule has 2 aromatic carbocycles. The molecule has 29 heavy (non-hydrogen) atoms. The van der Waals surface area contributed by atoms with Crippen LogP contribution in [0.2, 0.25) is 0 Å². The predicted octanol–water partition coefficient (Wildman–Crippen LogP) is 3.56. The zero-order valence-corrected chi connectivity index (χ0v) is 17.9. The highest BCUT2D eigenvalue weighted by Crippen LogP contribution is 2.25. The van der Waals surface area contributed by atoms with E-state index in [-0.39, 0.29) is 24.5 Å². The summed E-state index contributed by atoms with van der Waals surface area (Å²) in [7, 11) is -3.89. The zero-order valence-electron chi connectivity index (χ0n) is 16.3. The van der Waals surface area contributed by atoms with Gasteiger partial charge in [0.15, 0.2) is 0 Å². The number of nitrogens with zero attached hydrogens (tertiary/aromatic N) is 1. The van der Waals surface area contributed by atoms with Gasteiger partial charge in [-0.1, -0.05) is 37.3 Å². The Morgan fingerprint density at radius 1 is 1.10 bits per heavy atom. The van der Waals surface area contributed by atoms with Crippen molar-refractivity contribution in [3.8, 4) is 0 Å². The van der Waals surface area contributed by atoms with Crippen molar-refractivity contribution < 1.29 is 22.0 Å². The monoisotopic (exact) mass is 442 g/mol. The number of sulfonamides is 1. The molecule has 0 aromatic heterocycles. The van der Waals surface area contributed by atoms with E-state index in [2.05, 4.69) is 5.32 Å². The lowest BCUT2D eigenvalue weighted by molar-refractivity contribution is -0.122. The Balaban J connectivity index is 1.99. The Morgan fingerprint density at radius 3 is 2.31 bits per heavy atom. The molecule has 1 N–H and O–H groups in total. The number of thioether (sulfide) groups is 1. The lowest BCUT2D eigenvalue weighted by Crippen LogP contribution is -2.50. The summed E-state index contributed by atoms with van der Waals surface area (Å²) in [5.74, 6) is -0.513. The van der Waals surface area contributed by atoms with E-state index in [0.29, 0.717) is 17.1 Å². The molecule has 0 radical (unpaired) electrons. The van der Waals surface area contributed by atoms with Gasteiger partial charge in [-0.2, -0.15) is 11.8 Å². The Bertz CT molecular complexity index is 939. The molecule has 0 saturated carbocycles. The van der Waals surface area contributed by atoms with Gasteiger partial charge in [-0.15, -0.1) is 0 Å². The van der Waals surface area contributed by atoms with Gasteiger partial charge in [0.1, 0.15) is 17.7 Å². The van der Waals surface area contributed by atoms with Gasteiger partial charge in [0.05, 0.1) is 11.9 Å². The lowest BCUT2D eigenvalue weighted by atomic mass is 10.2. The molecule has 158 valence electrons. The highest BCUT2D eigenvalue weighted by Gasteiger charge is 2.32. The van der Waals surface area contributed by atoms with Gasteiger partial charge >= 0.3 is 0 Å². The topological polar surface area (TPSA) is 66.5 Å². The number of amides is 1. The maximum Gasteiger partial charge on any atom is 0.243 e. The van der Waals surface area contributed by atoms with Gasteiger partial charge in [0, 0.05) is 18.1 Å². The maximum absolute atomic E-state index is 14.2. The van der Waals surface area contributed by atoms with Crippen LogP contribution in [0.25, 0.3) is 0 Å². The molecule has 0 aliphatic carbocycles. The summed E-state index contributed by atoms with van der Waals surface area (Å²) < 4.78 is 53.2. The summed E-state index contributed by atoms with van der Waals surface area (Å²) in [6.07, 6.45) is 1.12. The van der Waals surface area contributed by atoms with E-state index in [1.54, 1.807) is 25.1 Å². The highest BCUT2D eigenvalue weighted by atomic mass is 32.2. The fraction of sp³-hybridized carbons (Fsp3) is 0.350. The molecule has 9 heteroatoms. The standard InChI is InChI=1S/C20H24F2N2O3S2/c1-3-18(24(29(2,26)27)19-11-7-6-10-17(19)22)20(25)23-12-13-28-14-15-8-4-5-9-16(15)21/h4-11,18H,3,12-14H2,1-2H3,(H,23,25)/t18-/m1/s1. The zero-order chi connectivity index (χ0) is 21.4. The molecule has 0 spiro atoms. The minimum absolute atomic E-state index is 0.161. The van der Waals surface area contributed by atoms with Crippen LogP contribution in [0.4, 0.5) is 14.5 Å². The average Bonchev–Trinajstić information content (AvgIpc) is 2.67. The number of rotatable bonds is 10. The van der Waals surface area contributed by atoms with Crippen LogP contribution in [0, 0.1) is 11.6 Å². The van der Waals surface area contributed by atoms with Crippen LogP contribution in [-0.2, 0) is 20.6 Å². The summed E-state index contributed by atoms with van der Waals surface area (Å²) >= 11 is 1.45. The average molecular weight is 443 g/mol. The van der Waals surface area contributed by atoms with Crippen LogP contribution >= 0.6 is 11.8 Å². The molecule has 0 unspecified atom stereocenters. The van der Waals surface area contributed by atoms with E-state index in [0.717, 1.165) is 16.6 Å². The van der Waals surface area contributed by atoms with Gasteiger partial charge in [0.2, 0.25) is 15.9 Å². The first-order valence-corrected chi connectivity index (χ1v) is 12.1. The number of carbonyl (C=O) groups excluding carboxylic acids is 1. The molecule has 0 heterocycles. The summed E-state index contributed by atoms with van der Waals surface area (Å²) in [6.45, 7) is 1.94. The van der Waals surface area contributed by atoms with E-state index in [9.17, 15) is 22.0 Å². The first kappa shape index (κ1) is 23.2. The second-order valence-corrected chi connectivity index (χ2v) is 9.33. The number of anilines is 1. The van der Waals surface area contributed by atoms with Gasteiger partial charge in [-0.25, -0.2) is 17.2 Å². The predicted molar refractivity (Wildman–Crippen MR) is 113 cm³/mol. The molecule has 1 amide bonds. The molecule has 0 aliphatic heterocycles. The molecule has 0 saturated heterocycles. The molecular weight excluding hydrogens is 418 g/mol. The molecule has 0 aliphatic rings. The van der Waals surface area contributed by atoms with Gasteiger partial charge < -0.3 is 5.32 Å². The third kappa shape index (κ3) is 6.43. The van der Waals surface area contributed by atoms with Crippen molar-refractivity contribution in [1.82, 2.24) is 5.32 Å². The van der Waals surface area contributed by atoms with Gasteiger partial charge in [0.25, 0.3) is 0 Å². The highest BCUT2D eigenvalue weighted by molar-refractivity contribution is 7.98. The Kier molecular flexibility index (Phi) is 8.45. The third-order valence-electron chi connectivity index (χ3n) is 4.18. The minimum atomic E-state index is -3.89. The second kappa shape index (κ2) is 10.6. The second-order valence-electron chi connectivity index (χ2n) is 6.37. The number of hydrogen-bond donors (Lipinski definition) is 1. The van der Waals surface area contributed by atoms with E-state index in [1.165, 1.54) is 36.0 Å². The minimum Gasteiger partial charge on any atom is -0.353 e. The third-order valence-corrected chi connectivity index (χ3v) is 6.35. The number of hydrogen-bond acceptors (Lipinski definition) is 4. The molecule has 2 rings (SSSR count). The van der Waals surface area contributed by atoms with Crippen LogP contribution in [0.15, 0.2) is 48.5 Å². The van der Waals surface area contributed by atoms with Crippen molar-refractivity contribution in [2.24, 2.45) is 0 Å². The van der Waals surface area contributed by atoms with Crippen LogP contribution in [0.3, 0.4) is 0 Å². The molecule has 2 aromatic rings. The van der Waals surface area contributed by atoms with Crippen molar-refractivity contribution in [2.45, 2.75) is 25.1 Å².